The van der Waals surface area contributed by atoms with Crippen LogP contribution in [0.4, 0.5) is 0 Å². The number of ether oxygens (including phenoxy) is 2. The van der Waals surface area contributed by atoms with Crippen LogP contribution in [0.5, 0.6) is 0 Å². The maximum Gasteiger partial charge on any atom is 0.309 e. The highest BCUT2D eigenvalue weighted by atomic mass is 16.5. The van der Waals surface area contributed by atoms with Gasteiger partial charge in [0.1, 0.15) is 12.2 Å². The molecule has 0 radical (unpaired) electrons. The zero-order valence-electron chi connectivity index (χ0n) is 26.7. The highest BCUT2D eigenvalue weighted by molar-refractivity contribution is 5.72. The number of nitrogens with zero attached hydrogens (tertiary/aromatic N) is 2. The number of likely N-dealkylation sites (tertiary alicyclic amines) is 2. The van der Waals surface area contributed by atoms with E-state index < -0.39 is 0 Å². The SMILES string of the molecule is C.CCC(CCCCCCCC(=O)OC1CC(C)(C)N(C)C(C)(C)C1)C(=O)OC1CC(C)(C)N(C)C(C)(C)C1. The van der Waals surface area contributed by atoms with Crippen molar-refractivity contribution in [2.45, 2.75) is 181 Å². The molecular weight excluding hydrogens is 488 g/mol. The van der Waals surface area contributed by atoms with Crippen LogP contribution in [0.25, 0.3) is 0 Å². The van der Waals surface area contributed by atoms with E-state index in [4.69, 9.17) is 9.47 Å². The lowest BCUT2D eigenvalue weighted by molar-refractivity contribution is -0.164. The highest BCUT2D eigenvalue weighted by Gasteiger charge is 2.45. The molecule has 2 fully saturated rings. The van der Waals surface area contributed by atoms with Gasteiger partial charge in [-0.1, -0.05) is 40.0 Å². The van der Waals surface area contributed by atoms with Gasteiger partial charge in [-0.2, -0.15) is 0 Å². The largest absolute Gasteiger partial charge is 0.462 e. The molecule has 39 heavy (non-hydrogen) atoms. The van der Waals surface area contributed by atoms with Crippen molar-refractivity contribution in [2.75, 3.05) is 14.1 Å². The average Bonchev–Trinajstić information content (AvgIpc) is 2.76. The summed E-state index contributed by atoms with van der Waals surface area (Å²) in [5.41, 5.74) is 0.0772. The molecule has 0 N–H and O–H groups in total. The topological polar surface area (TPSA) is 59.1 Å². The van der Waals surface area contributed by atoms with Crippen LogP contribution in [0.3, 0.4) is 0 Å². The maximum absolute atomic E-state index is 13.0. The van der Waals surface area contributed by atoms with E-state index >= 15 is 0 Å². The summed E-state index contributed by atoms with van der Waals surface area (Å²) < 4.78 is 11.9. The van der Waals surface area contributed by atoms with Crippen LogP contribution in [0.15, 0.2) is 0 Å². The van der Waals surface area contributed by atoms with Crippen LogP contribution in [0.2, 0.25) is 0 Å². The number of esters is 2. The number of carbonyl (C=O) groups is 2. The molecule has 0 aromatic heterocycles. The number of unbranched alkanes of at least 4 members (excludes halogenated alkanes) is 4. The van der Waals surface area contributed by atoms with Gasteiger partial charge in [-0.3, -0.25) is 19.4 Å². The maximum atomic E-state index is 13.0. The molecule has 2 rings (SSSR count). The molecule has 2 heterocycles. The van der Waals surface area contributed by atoms with Crippen LogP contribution >= 0.6 is 0 Å². The minimum absolute atomic E-state index is 0. The third-order valence-electron chi connectivity index (χ3n) is 9.88. The van der Waals surface area contributed by atoms with Gasteiger partial charge in [-0.05, 0) is 88.7 Å². The van der Waals surface area contributed by atoms with Crippen molar-refractivity contribution in [3.63, 3.8) is 0 Å². The van der Waals surface area contributed by atoms with E-state index in [9.17, 15) is 9.59 Å². The van der Waals surface area contributed by atoms with Gasteiger partial charge in [0.25, 0.3) is 0 Å². The molecule has 0 aromatic rings. The van der Waals surface area contributed by atoms with Crippen LogP contribution in [-0.4, -0.2) is 70.2 Å². The summed E-state index contributed by atoms with van der Waals surface area (Å²) in [6, 6.07) is 0. The summed E-state index contributed by atoms with van der Waals surface area (Å²) >= 11 is 0. The second-order valence-corrected chi connectivity index (χ2v) is 14.8. The van der Waals surface area contributed by atoms with E-state index in [1.54, 1.807) is 0 Å². The van der Waals surface area contributed by atoms with Crippen LogP contribution in [-0.2, 0) is 19.1 Å². The van der Waals surface area contributed by atoms with Crippen LogP contribution in [0.1, 0.15) is 147 Å². The molecule has 0 aromatic carbocycles. The van der Waals surface area contributed by atoms with E-state index in [2.05, 4.69) is 86.2 Å². The lowest BCUT2D eigenvalue weighted by Gasteiger charge is -2.53. The minimum atomic E-state index is -0.0554. The van der Waals surface area contributed by atoms with Crippen molar-refractivity contribution in [2.24, 2.45) is 5.92 Å². The average molecular weight is 553 g/mol. The van der Waals surface area contributed by atoms with Gasteiger partial charge in [0, 0.05) is 54.3 Å². The first-order valence-corrected chi connectivity index (χ1v) is 15.3. The second-order valence-electron chi connectivity index (χ2n) is 14.8. The van der Waals surface area contributed by atoms with Crippen molar-refractivity contribution in [3.05, 3.63) is 0 Å². The van der Waals surface area contributed by atoms with Gasteiger partial charge < -0.3 is 9.47 Å². The Morgan fingerprint density at radius 3 is 1.51 bits per heavy atom. The van der Waals surface area contributed by atoms with E-state index in [-0.39, 0.29) is 59.6 Å². The predicted octanol–water partition coefficient (Wildman–Crippen LogP) is 7.77. The lowest BCUT2D eigenvalue weighted by atomic mass is 9.78. The minimum Gasteiger partial charge on any atom is -0.462 e. The smallest absolute Gasteiger partial charge is 0.309 e. The molecule has 2 aliphatic heterocycles. The van der Waals surface area contributed by atoms with Gasteiger partial charge in [0.05, 0.1) is 5.92 Å². The molecule has 1 atom stereocenters. The molecule has 6 heteroatoms. The van der Waals surface area contributed by atoms with Gasteiger partial charge in [0.15, 0.2) is 0 Å². The Bertz CT molecular complexity index is 753. The summed E-state index contributed by atoms with van der Waals surface area (Å²) in [5.74, 6) is -0.0873. The Balaban J connectivity index is 0.00000760. The van der Waals surface area contributed by atoms with Gasteiger partial charge >= 0.3 is 11.9 Å². The molecule has 0 amide bonds. The molecule has 230 valence electrons. The summed E-state index contributed by atoms with van der Waals surface area (Å²) in [6.07, 6.45) is 10.8. The van der Waals surface area contributed by atoms with E-state index in [0.29, 0.717) is 6.42 Å². The summed E-state index contributed by atoms with van der Waals surface area (Å²) in [5, 5.41) is 0. The van der Waals surface area contributed by atoms with Crippen molar-refractivity contribution >= 4 is 11.9 Å². The first-order chi connectivity index (χ1) is 17.4. The molecule has 0 saturated carbocycles. The fourth-order valence-electron chi connectivity index (χ4n) is 6.91. The molecule has 2 saturated heterocycles. The van der Waals surface area contributed by atoms with Crippen LogP contribution in [0, 0.1) is 5.92 Å². The van der Waals surface area contributed by atoms with E-state index in [1.807, 2.05) is 0 Å². The molecule has 2 aliphatic rings. The molecular formula is C33H64N2O4. The Morgan fingerprint density at radius 2 is 1.08 bits per heavy atom. The Labute approximate surface area is 241 Å². The number of hydrogen-bond acceptors (Lipinski definition) is 6. The Hall–Kier alpha value is -1.14. The fraction of sp³-hybridized carbons (Fsp3) is 0.939. The number of carbonyl (C=O) groups excluding carboxylic acids is 2. The fourth-order valence-corrected chi connectivity index (χ4v) is 6.91. The zero-order valence-corrected chi connectivity index (χ0v) is 26.7. The standard InChI is InChI=1S/C32H60N2O4.CH4/c1-12-24(28(36)38-26-22-31(6,7)34(11)32(8,9)23-26)18-16-14-13-15-17-19-27(35)37-25-20-29(2,3)33(10)30(4,5)21-25;/h24-26H,12-23H2,1-11H3;1H4. The molecule has 1 unspecified atom stereocenters. The third-order valence-corrected chi connectivity index (χ3v) is 9.88. The molecule has 0 bridgehead atoms. The zero-order chi connectivity index (χ0) is 28.9. The number of hydrogen-bond donors (Lipinski definition) is 0. The highest BCUT2D eigenvalue weighted by Crippen LogP contribution is 2.39. The van der Waals surface area contributed by atoms with Gasteiger partial charge in [-0.15, -0.1) is 0 Å². The number of rotatable bonds is 12. The molecule has 0 aliphatic carbocycles. The number of piperidine rings is 2. The first kappa shape index (κ1) is 35.9. The summed E-state index contributed by atoms with van der Waals surface area (Å²) in [6.45, 7) is 20.0. The van der Waals surface area contributed by atoms with Gasteiger partial charge in [0.2, 0.25) is 0 Å². The van der Waals surface area contributed by atoms with Crippen molar-refractivity contribution in [1.82, 2.24) is 9.80 Å². The Kier molecular flexibility index (Phi) is 13.0. The Morgan fingerprint density at radius 1 is 0.692 bits per heavy atom. The normalized spacial score (nSPS) is 24.0. The monoisotopic (exact) mass is 552 g/mol. The lowest BCUT2D eigenvalue weighted by Crippen LogP contribution is -2.60. The van der Waals surface area contributed by atoms with E-state index in [0.717, 1.165) is 70.6 Å². The van der Waals surface area contributed by atoms with Crippen molar-refractivity contribution < 1.29 is 19.1 Å². The summed E-state index contributed by atoms with van der Waals surface area (Å²) in [7, 11) is 4.34. The molecule has 6 nitrogen and oxygen atoms in total. The van der Waals surface area contributed by atoms with Crippen molar-refractivity contribution in [3.8, 4) is 0 Å². The molecule has 0 spiro atoms. The van der Waals surface area contributed by atoms with Crippen molar-refractivity contribution in [1.29, 1.82) is 0 Å². The van der Waals surface area contributed by atoms with E-state index in [1.165, 1.54) is 0 Å². The first-order valence-electron chi connectivity index (χ1n) is 15.3. The van der Waals surface area contributed by atoms with Crippen LogP contribution < -0.4 is 0 Å². The summed E-state index contributed by atoms with van der Waals surface area (Å²) in [4.78, 5) is 30.3. The predicted molar refractivity (Wildman–Crippen MR) is 163 cm³/mol. The third kappa shape index (κ3) is 10.0. The van der Waals surface area contributed by atoms with Gasteiger partial charge in [-0.25, -0.2) is 0 Å². The second kappa shape index (κ2) is 14.2. The quantitative estimate of drug-likeness (QED) is 0.182.